The predicted octanol–water partition coefficient (Wildman–Crippen LogP) is 0.282. The Bertz CT molecular complexity index is 238. The monoisotopic (exact) mass is 152 g/mol. The van der Waals surface area contributed by atoms with Crippen molar-refractivity contribution in [2.45, 2.75) is 20.3 Å². The molecule has 1 heterocycles. The van der Waals surface area contributed by atoms with E-state index in [-0.39, 0.29) is 5.78 Å². The molecule has 0 radical (unpaired) electrons. The average Bonchev–Trinajstić information content (AvgIpc) is 2.30. The van der Waals surface area contributed by atoms with Gasteiger partial charge in [0.15, 0.2) is 5.70 Å². The van der Waals surface area contributed by atoms with Gasteiger partial charge in [-0.05, 0) is 6.42 Å². The van der Waals surface area contributed by atoms with E-state index in [9.17, 15) is 4.79 Å². The predicted molar refractivity (Wildman–Crippen MR) is 44.0 cm³/mol. The Balaban J connectivity index is 2.82. The Morgan fingerprint density at radius 3 is 2.55 bits per heavy atom. The Hall–Kier alpha value is -0.890. The molecule has 0 aromatic carbocycles. The number of hydrogen-bond acceptors (Lipinski definition) is 1. The minimum atomic E-state index is 0.169. The number of carbonyl (C=O) groups is 1. The van der Waals surface area contributed by atoms with Gasteiger partial charge in [0, 0.05) is 18.6 Å². The van der Waals surface area contributed by atoms with Gasteiger partial charge in [0.25, 0.3) is 0 Å². The van der Waals surface area contributed by atoms with E-state index in [0.717, 1.165) is 17.0 Å². The van der Waals surface area contributed by atoms with Crippen LogP contribution in [0.1, 0.15) is 20.3 Å². The summed E-state index contributed by atoms with van der Waals surface area (Å²) in [5, 5.41) is 0. The zero-order chi connectivity index (χ0) is 8.43. The number of hydrogen-bond donors (Lipinski definition) is 1. The maximum atomic E-state index is 11.0. The molecule has 1 aliphatic heterocycles. The van der Waals surface area contributed by atoms with Gasteiger partial charge >= 0.3 is 0 Å². The van der Waals surface area contributed by atoms with Crippen LogP contribution in [-0.4, -0.2) is 12.8 Å². The van der Waals surface area contributed by atoms with Crippen molar-refractivity contribution in [3.8, 4) is 0 Å². The Kier molecular flexibility index (Phi) is 2.25. The summed E-state index contributed by atoms with van der Waals surface area (Å²) in [6.07, 6.45) is 5.07. The summed E-state index contributed by atoms with van der Waals surface area (Å²) in [5.74, 6) is 0.169. The van der Waals surface area contributed by atoms with Gasteiger partial charge in [0.05, 0.1) is 7.05 Å². The lowest BCUT2D eigenvalue weighted by Crippen LogP contribution is -3.02. The van der Waals surface area contributed by atoms with Gasteiger partial charge in [0.1, 0.15) is 6.20 Å². The van der Waals surface area contributed by atoms with Crippen molar-refractivity contribution in [1.29, 1.82) is 0 Å². The zero-order valence-corrected chi connectivity index (χ0v) is 7.27. The molecule has 0 aliphatic carbocycles. The van der Waals surface area contributed by atoms with Crippen LogP contribution in [-0.2, 0) is 4.79 Å². The molecule has 0 saturated heterocycles. The molecule has 1 unspecified atom stereocenters. The topological polar surface area (TPSA) is 21.5 Å². The van der Waals surface area contributed by atoms with Crippen LogP contribution in [0.5, 0.6) is 0 Å². The molecule has 0 spiro atoms. The van der Waals surface area contributed by atoms with Crippen molar-refractivity contribution >= 4 is 5.78 Å². The van der Waals surface area contributed by atoms with Crippen LogP contribution in [0.4, 0.5) is 0 Å². The molecule has 2 heteroatoms. The lowest BCUT2D eigenvalue weighted by Gasteiger charge is -2.02. The first-order valence-corrected chi connectivity index (χ1v) is 3.92. The molecule has 0 aromatic rings. The highest BCUT2D eigenvalue weighted by Gasteiger charge is 2.19. The molecule has 1 atom stereocenters. The number of likely N-dealkylation sites (N-methyl/N-ethyl adjacent to an activating group) is 1. The van der Waals surface area contributed by atoms with Gasteiger partial charge in [-0.25, -0.2) is 0 Å². The fourth-order valence-electron chi connectivity index (χ4n) is 1.28. The molecular weight excluding hydrogens is 138 g/mol. The normalized spacial score (nSPS) is 23.0. The third-order valence-electron chi connectivity index (χ3n) is 1.94. The molecule has 0 aromatic heterocycles. The molecular formula is C9H14NO+. The molecule has 0 fully saturated rings. The van der Waals surface area contributed by atoms with Gasteiger partial charge < -0.3 is 0 Å². The quantitative estimate of drug-likeness (QED) is 0.603. The number of allylic oxidation sites excluding steroid dienone is 3. The van der Waals surface area contributed by atoms with E-state index in [2.05, 4.69) is 13.1 Å². The van der Waals surface area contributed by atoms with E-state index in [0.29, 0.717) is 0 Å². The van der Waals surface area contributed by atoms with Gasteiger partial charge in [-0.2, -0.15) is 0 Å². The van der Waals surface area contributed by atoms with Crippen LogP contribution < -0.4 is 4.90 Å². The molecule has 0 bridgehead atoms. The third-order valence-corrected chi connectivity index (χ3v) is 1.94. The minimum absolute atomic E-state index is 0.169. The third kappa shape index (κ3) is 1.57. The lowest BCUT2D eigenvalue weighted by molar-refractivity contribution is -0.773. The minimum Gasteiger partial charge on any atom is -0.289 e. The zero-order valence-electron chi connectivity index (χ0n) is 7.27. The van der Waals surface area contributed by atoms with Crippen LogP contribution in [0.15, 0.2) is 23.5 Å². The average molecular weight is 152 g/mol. The van der Waals surface area contributed by atoms with Crippen molar-refractivity contribution in [2.75, 3.05) is 7.05 Å². The van der Waals surface area contributed by atoms with E-state index >= 15 is 0 Å². The molecule has 60 valence electrons. The standard InChI is InChI=1S/C9H13NO/c1-4-8-5-9(7(2)11)10(3)6-8/h5-6H,4H2,1-3H3/p+1. The van der Waals surface area contributed by atoms with Crippen LogP contribution in [0.25, 0.3) is 0 Å². The van der Waals surface area contributed by atoms with E-state index in [1.165, 1.54) is 5.57 Å². The molecule has 1 rings (SSSR count). The SMILES string of the molecule is CCC1=C[NH+](C)C(C(C)=O)=C1. The maximum Gasteiger partial charge on any atom is 0.213 e. The largest absolute Gasteiger partial charge is 0.289 e. The second kappa shape index (κ2) is 3.01. The van der Waals surface area contributed by atoms with Crippen LogP contribution in [0.2, 0.25) is 0 Å². The Morgan fingerprint density at radius 1 is 1.64 bits per heavy atom. The summed E-state index contributed by atoms with van der Waals surface area (Å²) in [6.45, 7) is 3.71. The summed E-state index contributed by atoms with van der Waals surface area (Å²) in [5.41, 5.74) is 2.13. The highest BCUT2D eigenvalue weighted by molar-refractivity contribution is 5.91. The number of nitrogens with one attached hydrogen (secondary N) is 1. The van der Waals surface area contributed by atoms with E-state index < -0.39 is 0 Å². The van der Waals surface area contributed by atoms with E-state index in [1.807, 2.05) is 13.1 Å². The molecule has 1 N–H and O–H groups in total. The van der Waals surface area contributed by atoms with E-state index in [1.54, 1.807) is 6.92 Å². The van der Waals surface area contributed by atoms with Gasteiger partial charge in [-0.3, -0.25) is 9.69 Å². The van der Waals surface area contributed by atoms with E-state index in [4.69, 9.17) is 0 Å². The van der Waals surface area contributed by atoms with Crippen LogP contribution in [0.3, 0.4) is 0 Å². The van der Waals surface area contributed by atoms with Crippen molar-refractivity contribution < 1.29 is 9.69 Å². The second-order valence-corrected chi connectivity index (χ2v) is 2.87. The number of quaternary nitrogens is 1. The van der Waals surface area contributed by atoms with Crippen molar-refractivity contribution in [3.63, 3.8) is 0 Å². The van der Waals surface area contributed by atoms with Gasteiger partial charge in [-0.15, -0.1) is 0 Å². The maximum absolute atomic E-state index is 11.0. The fraction of sp³-hybridized carbons (Fsp3) is 0.444. The summed E-state index contributed by atoms with van der Waals surface area (Å²) in [4.78, 5) is 12.1. The summed E-state index contributed by atoms with van der Waals surface area (Å²) >= 11 is 0. The molecule has 0 amide bonds. The first-order chi connectivity index (χ1) is 5.15. The van der Waals surface area contributed by atoms with Crippen LogP contribution in [0, 0.1) is 0 Å². The smallest absolute Gasteiger partial charge is 0.213 e. The Morgan fingerprint density at radius 2 is 2.27 bits per heavy atom. The molecule has 2 nitrogen and oxygen atoms in total. The summed E-state index contributed by atoms with van der Waals surface area (Å²) in [6, 6.07) is 0. The molecule has 0 saturated carbocycles. The lowest BCUT2D eigenvalue weighted by atomic mass is 10.2. The number of ketones is 1. The molecule has 11 heavy (non-hydrogen) atoms. The van der Waals surface area contributed by atoms with Gasteiger partial charge in [0.2, 0.25) is 5.78 Å². The fourth-order valence-corrected chi connectivity index (χ4v) is 1.28. The van der Waals surface area contributed by atoms with Crippen molar-refractivity contribution in [2.24, 2.45) is 0 Å². The summed E-state index contributed by atoms with van der Waals surface area (Å²) < 4.78 is 0. The number of carbonyl (C=O) groups excluding carboxylic acids is 1. The number of rotatable bonds is 2. The highest BCUT2D eigenvalue weighted by Crippen LogP contribution is 2.07. The Labute approximate surface area is 67.2 Å². The first-order valence-electron chi connectivity index (χ1n) is 3.92. The molecule has 1 aliphatic rings. The highest BCUT2D eigenvalue weighted by atomic mass is 16.1. The summed E-state index contributed by atoms with van der Waals surface area (Å²) in [7, 11) is 1.98. The van der Waals surface area contributed by atoms with Gasteiger partial charge in [-0.1, -0.05) is 6.92 Å². The second-order valence-electron chi connectivity index (χ2n) is 2.87. The first kappa shape index (κ1) is 8.21. The van der Waals surface area contributed by atoms with Crippen LogP contribution >= 0.6 is 0 Å². The van der Waals surface area contributed by atoms with Crippen molar-refractivity contribution in [3.05, 3.63) is 23.5 Å². The van der Waals surface area contributed by atoms with Crippen molar-refractivity contribution in [1.82, 2.24) is 0 Å². The number of Topliss-reactive ketones (excluding diaryl/α,β-unsaturated/α-hetero) is 1.